The van der Waals surface area contributed by atoms with E-state index in [1.807, 2.05) is 31.2 Å². The third kappa shape index (κ3) is 4.81. The molecule has 1 rings (SSSR count). The van der Waals surface area contributed by atoms with Crippen molar-refractivity contribution in [3.8, 4) is 0 Å². The standard InChI is InChI=1S/C17H24N2O4/c1-11-6-8-13(9-7-11)14(18-12(2)20)10-15(21)19(5)17(3,4)16(22)23/h6-9,14H,10H2,1-5H3,(H,18,20)(H,22,23). The number of aryl methyl sites for hydroxylation is 1. The number of carboxylic acid groups (broad SMARTS) is 1. The van der Waals surface area contributed by atoms with Crippen molar-refractivity contribution < 1.29 is 19.5 Å². The summed E-state index contributed by atoms with van der Waals surface area (Å²) in [6, 6.07) is 7.02. The second-order valence-electron chi connectivity index (χ2n) is 6.18. The molecule has 1 atom stereocenters. The number of carbonyl (C=O) groups excluding carboxylic acids is 2. The lowest BCUT2D eigenvalue weighted by Gasteiger charge is -2.32. The van der Waals surface area contributed by atoms with Gasteiger partial charge in [0, 0.05) is 14.0 Å². The Morgan fingerprint density at radius 2 is 1.74 bits per heavy atom. The summed E-state index contributed by atoms with van der Waals surface area (Å²) >= 11 is 0. The van der Waals surface area contributed by atoms with Gasteiger partial charge < -0.3 is 15.3 Å². The van der Waals surface area contributed by atoms with Crippen molar-refractivity contribution in [3.63, 3.8) is 0 Å². The molecule has 2 amide bonds. The highest BCUT2D eigenvalue weighted by Gasteiger charge is 2.36. The molecule has 0 saturated carbocycles. The molecule has 0 fully saturated rings. The first-order chi connectivity index (χ1) is 10.6. The zero-order valence-electron chi connectivity index (χ0n) is 14.2. The van der Waals surface area contributed by atoms with E-state index >= 15 is 0 Å². The summed E-state index contributed by atoms with van der Waals surface area (Å²) in [4.78, 5) is 36.3. The Bertz CT molecular complexity index is 593. The van der Waals surface area contributed by atoms with Gasteiger partial charge in [-0.3, -0.25) is 9.59 Å². The number of nitrogens with one attached hydrogen (secondary N) is 1. The molecule has 6 heteroatoms. The molecule has 23 heavy (non-hydrogen) atoms. The summed E-state index contributed by atoms with van der Waals surface area (Å²) in [6.07, 6.45) is -0.00412. The molecule has 1 aromatic carbocycles. The number of carbonyl (C=O) groups is 3. The second-order valence-corrected chi connectivity index (χ2v) is 6.18. The molecule has 2 N–H and O–H groups in total. The average molecular weight is 320 g/mol. The van der Waals surface area contributed by atoms with Crippen LogP contribution >= 0.6 is 0 Å². The van der Waals surface area contributed by atoms with Gasteiger partial charge in [-0.1, -0.05) is 29.8 Å². The normalized spacial score (nSPS) is 12.4. The highest BCUT2D eigenvalue weighted by molar-refractivity contribution is 5.86. The number of rotatable bonds is 6. The van der Waals surface area contributed by atoms with E-state index in [4.69, 9.17) is 0 Å². The molecule has 6 nitrogen and oxygen atoms in total. The van der Waals surface area contributed by atoms with Gasteiger partial charge in [-0.15, -0.1) is 0 Å². The lowest BCUT2D eigenvalue weighted by molar-refractivity contribution is -0.155. The van der Waals surface area contributed by atoms with Crippen LogP contribution in [0.2, 0.25) is 0 Å². The topological polar surface area (TPSA) is 86.7 Å². The number of hydrogen-bond donors (Lipinski definition) is 2. The van der Waals surface area contributed by atoms with Gasteiger partial charge in [-0.05, 0) is 26.3 Å². The summed E-state index contributed by atoms with van der Waals surface area (Å²) < 4.78 is 0. The molecule has 1 unspecified atom stereocenters. The molecule has 0 saturated heterocycles. The monoisotopic (exact) mass is 320 g/mol. The maximum atomic E-state index is 12.4. The minimum Gasteiger partial charge on any atom is -0.480 e. The highest BCUT2D eigenvalue weighted by Crippen LogP contribution is 2.21. The predicted molar refractivity (Wildman–Crippen MR) is 86.8 cm³/mol. The van der Waals surface area contributed by atoms with E-state index in [0.717, 1.165) is 11.1 Å². The van der Waals surface area contributed by atoms with Crippen molar-refractivity contribution in [3.05, 3.63) is 35.4 Å². The number of likely N-dealkylation sites (N-methyl/N-ethyl adjacent to an activating group) is 1. The SMILES string of the molecule is CC(=O)NC(CC(=O)N(C)C(C)(C)C(=O)O)c1ccc(C)cc1. The number of benzene rings is 1. The first-order valence-electron chi connectivity index (χ1n) is 7.39. The van der Waals surface area contributed by atoms with E-state index in [1.165, 1.54) is 32.7 Å². The van der Waals surface area contributed by atoms with Crippen molar-refractivity contribution in [2.45, 2.75) is 45.7 Å². The van der Waals surface area contributed by atoms with Gasteiger partial charge in [-0.25, -0.2) is 4.79 Å². The third-order valence-electron chi connectivity index (χ3n) is 3.97. The number of aliphatic carboxylic acids is 1. The largest absolute Gasteiger partial charge is 0.480 e. The molecule has 0 aliphatic carbocycles. The summed E-state index contributed by atoms with van der Waals surface area (Å²) in [6.45, 7) is 6.26. The van der Waals surface area contributed by atoms with E-state index in [1.54, 1.807) is 0 Å². The molecule has 0 aromatic heterocycles. The van der Waals surface area contributed by atoms with Gasteiger partial charge in [0.15, 0.2) is 0 Å². The zero-order valence-corrected chi connectivity index (χ0v) is 14.2. The van der Waals surface area contributed by atoms with Gasteiger partial charge >= 0.3 is 5.97 Å². The van der Waals surface area contributed by atoms with Gasteiger partial charge in [0.1, 0.15) is 5.54 Å². The summed E-state index contributed by atoms with van der Waals surface area (Å²) in [5.41, 5.74) is 0.567. The molecular weight excluding hydrogens is 296 g/mol. The maximum absolute atomic E-state index is 12.4. The lowest BCUT2D eigenvalue weighted by Crippen LogP contribution is -2.51. The molecule has 0 aliphatic heterocycles. The number of amides is 2. The van der Waals surface area contributed by atoms with Crippen LogP contribution in [0.4, 0.5) is 0 Å². The van der Waals surface area contributed by atoms with Crippen LogP contribution in [0.15, 0.2) is 24.3 Å². The second kappa shape index (κ2) is 7.26. The Kier molecular flexibility index (Phi) is 5.90. The van der Waals surface area contributed by atoms with Gasteiger partial charge in [0.2, 0.25) is 11.8 Å². The molecule has 0 bridgehead atoms. The van der Waals surface area contributed by atoms with Gasteiger partial charge in [-0.2, -0.15) is 0 Å². The number of carboxylic acids is 1. The van der Waals surface area contributed by atoms with Crippen molar-refractivity contribution >= 4 is 17.8 Å². The van der Waals surface area contributed by atoms with Gasteiger partial charge in [0.25, 0.3) is 0 Å². The molecule has 1 aromatic rings. The number of hydrogen-bond acceptors (Lipinski definition) is 3. The summed E-state index contributed by atoms with van der Waals surface area (Å²) in [7, 11) is 1.45. The van der Waals surface area contributed by atoms with Crippen LogP contribution in [-0.2, 0) is 14.4 Å². The highest BCUT2D eigenvalue weighted by atomic mass is 16.4. The first kappa shape index (κ1) is 18.7. The first-order valence-corrected chi connectivity index (χ1v) is 7.39. The van der Waals surface area contributed by atoms with Crippen molar-refractivity contribution in [1.29, 1.82) is 0 Å². The van der Waals surface area contributed by atoms with Crippen LogP contribution in [0.25, 0.3) is 0 Å². The Morgan fingerprint density at radius 1 is 1.22 bits per heavy atom. The maximum Gasteiger partial charge on any atom is 0.329 e. The van der Waals surface area contributed by atoms with Crippen LogP contribution < -0.4 is 5.32 Å². The minimum absolute atomic E-state index is 0.00412. The molecular formula is C17H24N2O4. The Labute approximate surface area is 136 Å². The lowest BCUT2D eigenvalue weighted by atomic mass is 9.99. The minimum atomic E-state index is -1.31. The van der Waals surface area contributed by atoms with Crippen molar-refractivity contribution in [1.82, 2.24) is 10.2 Å². The summed E-state index contributed by atoms with van der Waals surface area (Å²) in [5, 5.41) is 12.0. The van der Waals surface area contributed by atoms with E-state index in [-0.39, 0.29) is 18.2 Å². The van der Waals surface area contributed by atoms with Crippen LogP contribution in [0.3, 0.4) is 0 Å². The average Bonchev–Trinajstić information content (AvgIpc) is 2.45. The molecule has 0 radical (unpaired) electrons. The fourth-order valence-corrected chi connectivity index (χ4v) is 2.06. The van der Waals surface area contributed by atoms with Gasteiger partial charge in [0.05, 0.1) is 12.5 Å². The van der Waals surface area contributed by atoms with E-state index in [9.17, 15) is 19.5 Å². The zero-order chi connectivity index (χ0) is 17.8. The van der Waals surface area contributed by atoms with E-state index in [2.05, 4.69) is 5.32 Å². The van der Waals surface area contributed by atoms with Crippen LogP contribution in [-0.4, -0.2) is 40.4 Å². The fraction of sp³-hybridized carbons (Fsp3) is 0.471. The van der Waals surface area contributed by atoms with Crippen molar-refractivity contribution in [2.75, 3.05) is 7.05 Å². The summed E-state index contributed by atoms with van der Waals surface area (Å²) in [5.74, 6) is -1.68. The Balaban J connectivity index is 2.97. The number of nitrogens with zero attached hydrogens (tertiary/aromatic N) is 1. The predicted octanol–water partition coefficient (Wildman–Crippen LogP) is 1.88. The van der Waals surface area contributed by atoms with E-state index < -0.39 is 17.6 Å². The van der Waals surface area contributed by atoms with Crippen LogP contribution in [0.5, 0.6) is 0 Å². The molecule has 126 valence electrons. The molecule has 0 heterocycles. The quantitative estimate of drug-likeness (QED) is 0.838. The molecule has 0 spiro atoms. The Hall–Kier alpha value is -2.37. The molecule has 0 aliphatic rings. The van der Waals surface area contributed by atoms with Crippen LogP contribution in [0, 0.1) is 6.92 Å². The van der Waals surface area contributed by atoms with E-state index in [0.29, 0.717) is 0 Å². The fourth-order valence-electron chi connectivity index (χ4n) is 2.06. The van der Waals surface area contributed by atoms with Crippen molar-refractivity contribution in [2.24, 2.45) is 0 Å². The third-order valence-corrected chi connectivity index (χ3v) is 3.97. The smallest absolute Gasteiger partial charge is 0.329 e. The van der Waals surface area contributed by atoms with Crippen LogP contribution in [0.1, 0.15) is 44.4 Å². The Morgan fingerprint density at radius 3 is 2.17 bits per heavy atom.